The molecule has 8 heteroatoms. The molecule has 2 aromatic rings. The van der Waals surface area contributed by atoms with Gasteiger partial charge < -0.3 is 0 Å². The highest BCUT2D eigenvalue weighted by Crippen LogP contribution is 2.45. The zero-order chi connectivity index (χ0) is 20.7. The number of hydrogen-bond donors (Lipinski definition) is 0. The van der Waals surface area contributed by atoms with E-state index in [-0.39, 0.29) is 34.4 Å². The Labute approximate surface area is 170 Å². The molecule has 0 fully saturated rings. The van der Waals surface area contributed by atoms with Gasteiger partial charge in [0, 0.05) is 52.7 Å². The van der Waals surface area contributed by atoms with Crippen molar-refractivity contribution in [2.75, 3.05) is 4.90 Å². The Balaban J connectivity index is 1.90. The Morgan fingerprint density at radius 2 is 1.90 bits per heavy atom. The Morgan fingerprint density at radius 1 is 1.14 bits per heavy atom. The van der Waals surface area contributed by atoms with Crippen molar-refractivity contribution in [3.8, 4) is 0 Å². The van der Waals surface area contributed by atoms with Crippen LogP contribution >= 0.6 is 11.6 Å². The van der Waals surface area contributed by atoms with E-state index in [0.717, 1.165) is 0 Å². The number of Topliss-reactive ketones (excluding diaryl/α,β-unsaturated/α-hetero) is 1. The first-order chi connectivity index (χ1) is 13.9. The minimum absolute atomic E-state index is 0.143. The largest absolute Gasteiger partial charge is 0.294 e. The number of carbonyl (C=O) groups is 2. The van der Waals surface area contributed by atoms with Gasteiger partial charge in [0.15, 0.2) is 5.78 Å². The molecule has 0 saturated carbocycles. The molecule has 2 aromatic carbocycles. The van der Waals surface area contributed by atoms with Crippen LogP contribution in [0.4, 0.5) is 15.8 Å². The molecule has 1 amide bonds. The van der Waals surface area contributed by atoms with Crippen molar-refractivity contribution in [3.05, 3.63) is 80.3 Å². The molecule has 1 heterocycles. The molecule has 1 aliphatic heterocycles. The number of nitrogens with zero attached hydrogens (tertiary/aromatic N) is 2. The third kappa shape index (κ3) is 3.31. The Hall–Kier alpha value is -3.06. The molecule has 0 bridgehead atoms. The summed E-state index contributed by atoms with van der Waals surface area (Å²) in [4.78, 5) is 37.9. The normalized spacial score (nSPS) is 19.4. The van der Waals surface area contributed by atoms with E-state index < -0.39 is 16.7 Å². The quantitative estimate of drug-likeness (QED) is 0.527. The van der Waals surface area contributed by atoms with E-state index >= 15 is 0 Å². The molecular weight excluding hydrogens is 399 g/mol. The molecule has 0 radical (unpaired) electrons. The van der Waals surface area contributed by atoms with Gasteiger partial charge >= 0.3 is 0 Å². The predicted molar refractivity (Wildman–Crippen MR) is 105 cm³/mol. The summed E-state index contributed by atoms with van der Waals surface area (Å²) >= 11 is 6.22. The van der Waals surface area contributed by atoms with E-state index in [4.69, 9.17) is 11.6 Å². The zero-order valence-electron chi connectivity index (χ0n) is 15.2. The van der Waals surface area contributed by atoms with E-state index in [1.165, 1.54) is 41.3 Å². The second kappa shape index (κ2) is 7.40. The molecule has 4 rings (SSSR count). The summed E-state index contributed by atoms with van der Waals surface area (Å²) < 4.78 is 14.6. The number of rotatable bonds is 3. The van der Waals surface area contributed by atoms with Gasteiger partial charge in [-0.1, -0.05) is 23.7 Å². The van der Waals surface area contributed by atoms with E-state index in [1.54, 1.807) is 6.07 Å². The van der Waals surface area contributed by atoms with Gasteiger partial charge in [-0.05, 0) is 31.0 Å². The van der Waals surface area contributed by atoms with Crippen LogP contribution in [-0.2, 0) is 9.59 Å². The van der Waals surface area contributed by atoms with Crippen LogP contribution in [0.25, 0.3) is 0 Å². The van der Waals surface area contributed by atoms with Crippen LogP contribution in [-0.4, -0.2) is 16.6 Å². The summed E-state index contributed by atoms with van der Waals surface area (Å²) in [6.07, 6.45) is 1.15. The van der Waals surface area contributed by atoms with Gasteiger partial charge in [0.1, 0.15) is 5.82 Å². The van der Waals surface area contributed by atoms with Crippen LogP contribution in [0, 0.1) is 15.9 Å². The monoisotopic (exact) mass is 414 g/mol. The van der Waals surface area contributed by atoms with Crippen LogP contribution in [0.2, 0.25) is 5.02 Å². The van der Waals surface area contributed by atoms with Crippen molar-refractivity contribution in [2.45, 2.75) is 31.6 Å². The van der Waals surface area contributed by atoms with E-state index in [9.17, 15) is 24.1 Å². The maximum atomic E-state index is 14.6. The minimum atomic E-state index is -0.769. The zero-order valence-corrected chi connectivity index (χ0v) is 16.0. The topological polar surface area (TPSA) is 80.5 Å². The molecule has 29 heavy (non-hydrogen) atoms. The molecule has 148 valence electrons. The first-order valence-corrected chi connectivity index (χ1v) is 9.54. The van der Waals surface area contributed by atoms with Gasteiger partial charge in [-0.15, -0.1) is 0 Å². The first kappa shape index (κ1) is 19.3. The fourth-order valence-electron chi connectivity index (χ4n) is 4.13. The predicted octanol–water partition coefficient (Wildman–Crippen LogP) is 4.91. The molecule has 0 spiro atoms. The van der Waals surface area contributed by atoms with Crippen molar-refractivity contribution in [1.82, 2.24) is 0 Å². The lowest BCUT2D eigenvalue weighted by Crippen LogP contribution is -2.40. The lowest BCUT2D eigenvalue weighted by atomic mass is 9.77. The molecule has 1 atom stereocenters. The number of hydrogen-bond acceptors (Lipinski definition) is 4. The van der Waals surface area contributed by atoms with Crippen LogP contribution in [0.5, 0.6) is 0 Å². The van der Waals surface area contributed by atoms with Crippen LogP contribution in [0.1, 0.15) is 37.2 Å². The van der Waals surface area contributed by atoms with Gasteiger partial charge in [-0.2, -0.15) is 0 Å². The summed E-state index contributed by atoms with van der Waals surface area (Å²) in [6, 6.07) is 9.98. The second-order valence-corrected chi connectivity index (χ2v) is 7.44. The number of halogens is 2. The number of amides is 1. The Bertz CT molecular complexity index is 1060. The lowest BCUT2D eigenvalue weighted by Gasteiger charge is -2.38. The number of carbonyl (C=O) groups excluding carboxylic acids is 2. The van der Waals surface area contributed by atoms with Gasteiger partial charge in [-0.25, -0.2) is 4.39 Å². The number of anilines is 1. The summed E-state index contributed by atoms with van der Waals surface area (Å²) in [7, 11) is 0. The Morgan fingerprint density at radius 3 is 2.62 bits per heavy atom. The van der Waals surface area contributed by atoms with E-state index in [1.807, 2.05) is 0 Å². The highest BCUT2D eigenvalue weighted by molar-refractivity contribution is 6.31. The van der Waals surface area contributed by atoms with E-state index in [0.29, 0.717) is 36.2 Å². The number of nitro groups is 1. The van der Waals surface area contributed by atoms with Gasteiger partial charge in [-0.3, -0.25) is 24.6 Å². The Kier molecular flexibility index (Phi) is 4.92. The lowest BCUT2D eigenvalue weighted by molar-refractivity contribution is -0.384. The fourth-order valence-corrected chi connectivity index (χ4v) is 4.42. The first-order valence-electron chi connectivity index (χ1n) is 9.16. The van der Waals surface area contributed by atoms with Crippen molar-refractivity contribution >= 4 is 34.7 Å². The van der Waals surface area contributed by atoms with Gasteiger partial charge in [0.2, 0.25) is 5.91 Å². The SMILES string of the molecule is O=C1CCCC2=C1C(c1c(F)cccc1Cl)CC(=O)N2c1cccc([N+](=O)[O-])c1. The number of allylic oxidation sites excluding steroid dienone is 2. The molecule has 6 nitrogen and oxygen atoms in total. The minimum Gasteiger partial charge on any atom is -0.294 e. The highest BCUT2D eigenvalue weighted by atomic mass is 35.5. The van der Waals surface area contributed by atoms with Crippen molar-refractivity contribution in [2.24, 2.45) is 0 Å². The summed E-state index contributed by atoms with van der Waals surface area (Å²) in [5.74, 6) is -1.85. The molecule has 0 N–H and O–H groups in total. The van der Waals surface area contributed by atoms with Crippen LogP contribution in [0.15, 0.2) is 53.7 Å². The molecule has 1 aliphatic carbocycles. The fraction of sp³-hybridized carbons (Fsp3) is 0.238. The summed E-state index contributed by atoms with van der Waals surface area (Å²) in [5.41, 5.74) is 1.16. The highest BCUT2D eigenvalue weighted by Gasteiger charge is 2.41. The summed E-state index contributed by atoms with van der Waals surface area (Å²) in [6.45, 7) is 0. The third-order valence-corrected chi connectivity index (χ3v) is 5.65. The third-order valence-electron chi connectivity index (χ3n) is 5.32. The van der Waals surface area contributed by atoms with Crippen molar-refractivity contribution < 1.29 is 18.9 Å². The molecule has 1 unspecified atom stereocenters. The van der Waals surface area contributed by atoms with Crippen molar-refractivity contribution in [1.29, 1.82) is 0 Å². The average molecular weight is 415 g/mol. The molecular formula is C21H16ClFN2O4. The second-order valence-electron chi connectivity index (χ2n) is 7.04. The smallest absolute Gasteiger partial charge is 0.271 e. The maximum Gasteiger partial charge on any atom is 0.271 e. The van der Waals surface area contributed by atoms with Gasteiger partial charge in [0.05, 0.1) is 10.6 Å². The molecule has 2 aliphatic rings. The number of non-ortho nitro benzene ring substituents is 1. The number of benzene rings is 2. The average Bonchev–Trinajstić information content (AvgIpc) is 2.68. The van der Waals surface area contributed by atoms with Crippen LogP contribution < -0.4 is 4.90 Å². The van der Waals surface area contributed by atoms with E-state index in [2.05, 4.69) is 0 Å². The van der Waals surface area contributed by atoms with Gasteiger partial charge in [0.25, 0.3) is 5.69 Å². The standard InChI is InChI=1S/C21H16ClFN2O4/c22-15-6-2-7-16(23)20(15)14-11-19(27)24(17-8-3-9-18(26)21(14)17)12-4-1-5-13(10-12)25(28)29/h1-2,4-7,10,14H,3,8-9,11H2. The molecule has 0 saturated heterocycles. The van der Waals surface area contributed by atoms with Crippen molar-refractivity contribution in [3.63, 3.8) is 0 Å². The summed E-state index contributed by atoms with van der Waals surface area (Å²) in [5, 5.41) is 11.3. The molecule has 0 aromatic heterocycles. The number of ketones is 1. The number of nitro benzene ring substituents is 1. The van der Waals surface area contributed by atoms with Crippen LogP contribution in [0.3, 0.4) is 0 Å². The maximum absolute atomic E-state index is 14.6.